The van der Waals surface area contributed by atoms with Gasteiger partial charge in [-0.25, -0.2) is 9.97 Å². The number of allylic oxidation sites excluding steroid dienone is 3. The van der Waals surface area contributed by atoms with Crippen molar-refractivity contribution in [1.29, 1.82) is 0 Å². The van der Waals surface area contributed by atoms with Crippen molar-refractivity contribution in [3.63, 3.8) is 0 Å². The molecular weight excluding hydrogens is 444 g/mol. The fourth-order valence-corrected chi connectivity index (χ4v) is 4.26. The van der Waals surface area contributed by atoms with Crippen molar-refractivity contribution in [3.8, 4) is 34.5 Å². The molecule has 180 valence electrons. The Morgan fingerprint density at radius 2 is 1.97 bits per heavy atom. The fourth-order valence-electron chi connectivity index (χ4n) is 4.26. The number of fused-ring (bicyclic) bond motifs is 1. The van der Waals surface area contributed by atoms with Crippen molar-refractivity contribution >= 4 is 10.9 Å². The van der Waals surface area contributed by atoms with Crippen LogP contribution in [0.4, 0.5) is 0 Å². The number of rotatable bonds is 7. The third kappa shape index (κ3) is 4.32. The Kier molecular flexibility index (Phi) is 6.13. The van der Waals surface area contributed by atoms with Gasteiger partial charge in [-0.2, -0.15) is 5.10 Å². The van der Waals surface area contributed by atoms with Gasteiger partial charge in [-0.15, -0.1) is 0 Å². The number of pyridine rings is 2. The van der Waals surface area contributed by atoms with Crippen LogP contribution >= 0.6 is 0 Å². The van der Waals surface area contributed by atoms with Crippen LogP contribution in [0.1, 0.15) is 19.8 Å². The first-order valence-corrected chi connectivity index (χ1v) is 11.6. The summed E-state index contributed by atoms with van der Waals surface area (Å²) in [7, 11) is 3.12. The highest BCUT2D eigenvalue weighted by Gasteiger charge is 2.16. The van der Waals surface area contributed by atoms with Crippen LogP contribution in [-0.4, -0.2) is 55.1 Å². The number of likely N-dealkylation sites (N-methyl/N-ethyl adjacent to an activating group) is 1. The van der Waals surface area contributed by atoms with Gasteiger partial charge >= 0.3 is 0 Å². The average Bonchev–Trinajstić information content (AvgIpc) is 3.40. The minimum atomic E-state index is 0.121. The van der Waals surface area contributed by atoms with Crippen molar-refractivity contribution in [1.82, 2.24) is 29.2 Å². The van der Waals surface area contributed by atoms with E-state index in [1.807, 2.05) is 35.3 Å². The number of hydrogen-bond acceptors (Lipinski definition) is 7. The molecule has 0 aromatic carbocycles. The van der Waals surface area contributed by atoms with Gasteiger partial charge in [-0.3, -0.25) is 9.25 Å². The van der Waals surface area contributed by atoms with E-state index in [2.05, 4.69) is 40.3 Å². The van der Waals surface area contributed by atoms with E-state index in [1.165, 1.54) is 5.70 Å². The van der Waals surface area contributed by atoms with Crippen LogP contribution in [0, 0.1) is 0 Å². The summed E-state index contributed by atoms with van der Waals surface area (Å²) in [5, 5.41) is 16.1. The van der Waals surface area contributed by atoms with Gasteiger partial charge in [0.05, 0.1) is 49.2 Å². The van der Waals surface area contributed by atoms with Crippen LogP contribution in [0.5, 0.6) is 17.5 Å². The normalized spacial score (nSPS) is 13.7. The predicted octanol–water partition coefficient (Wildman–Crippen LogP) is 4.52. The molecular formula is C26H28N6O3. The van der Waals surface area contributed by atoms with Crippen LogP contribution < -0.4 is 9.47 Å². The molecule has 0 spiro atoms. The van der Waals surface area contributed by atoms with Crippen molar-refractivity contribution in [2.45, 2.75) is 26.3 Å². The van der Waals surface area contributed by atoms with Crippen LogP contribution in [-0.2, 0) is 6.54 Å². The first-order valence-electron chi connectivity index (χ1n) is 11.6. The van der Waals surface area contributed by atoms with Gasteiger partial charge < -0.3 is 19.5 Å². The summed E-state index contributed by atoms with van der Waals surface area (Å²) < 4.78 is 14.2. The first-order chi connectivity index (χ1) is 17.1. The van der Waals surface area contributed by atoms with Crippen LogP contribution in [0.2, 0.25) is 0 Å². The quantitative estimate of drug-likeness (QED) is 0.423. The highest BCUT2D eigenvalue weighted by atomic mass is 16.5. The maximum absolute atomic E-state index is 10.9. The van der Waals surface area contributed by atoms with E-state index in [9.17, 15) is 5.11 Å². The zero-order valence-corrected chi connectivity index (χ0v) is 20.0. The Morgan fingerprint density at radius 1 is 1.09 bits per heavy atom. The van der Waals surface area contributed by atoms with Crippen LogP contribution in [0.25, 0.3) is 27.8 Å². The Hall–Kier alpha value is -4.27. The molecule has 9 heteroatoms. The van der Waals surface area contributed by atoms with E-state index in [4.69, 9.17) is 14.5 Å². The molecule has 4 aromatic heterocycles. The summed E-state index contributed by atoms with van der Waals surface area (Å²) in [6.45, 7) is 3.71. The van der Waals surface area contributed by atoms with Crippen molar-refractivity contribution < 1.29 is 14.6 Å². The van der Waals surface area contributed by atoms with E-state index in [0.717, 1.165) is 30.6 Å². The molecule has 1 aliphatic rings. The first kappa shape index (κ1) is 22.5. The smallest absolute Gasteiger partial charge is 0.256 e. The molecule has 35 heavy (non-hydrogen) atoms. The van der Waals surface area contributed by atoms with E-state index < -0.39 is 0 Å². The minimum absolute atomic E-state index is 0.121. The summed E-state index contributed by atoms with van der Waals surface area (Å²) in [5.41, 5.74) is 4.15. The molecule has 5 rings (SSSR count). The molecule has 1 N–H and O–H groups in total. The second kappa shape index (κ2) is 9.54. The molecule has 5 heterocycles. The monoisotopic (exact) mass is 472 g/mol. The molecule has 1 aliphatic heterocycles. The molecule has 0 bridgehead atoms. The summed E-state index contributed by atoms with van der Waals surface area (Å²) in [5.74, 6) is 1.06. The van der Waals surface area contributed by atoms with E-state index in [0.29, 0.717) is 34.8 Å². The molecule has 0 saturated carbocycles. The van der Waals surface area contributed by atoms with Gasteiger partial charge in [0.2, 0.25) is 5.88 Å². The largest absolute Gasteiger partial charge is 0.494 e. The molecule has 9 nitrogen and oxygen atoms in total. The van der Waals surface area contributed by atoms with Crippen molar-refractivity contribution in [2.75, 3.05) is 20.8 Å². The summed E-state index contributed by atoms with van der Waals surface area (Å²) in [4.78, 5) is 11.3. The molecule has 0 saturated heterocycles. The molecule has 0 amide bonds. The summed E-state index contributed by atoms with van der Waals surface area (Å²) in [6.07, 6.45) is 15.9. The molecule has 0 unspecified atom stereocenters. The number of methoxy groups -OCH3 is 2. The lowest BCUT2D eigenvalue weighted by molar-refractivity contribution is 0.343. The SMILES string of the molecule is CCN1C=CCCC=C1Cn1cc(-n2cc3nc(-c4cnc(OC)c(OC)c4)ccc3c2O)cn1. The highest BCUT2D eigenvalue weighted by Crippen LogP contribution is 2.33. The summed E-state index contributed by atoms with van der Waals surface area (Å²) >= 11 is 0. The molecule has 0 fully saturated rings. The maximum Gasteiger partial charge on any atom is 0.256 e. The zero-order valence-electron chi connectivity index (χ0n) is 20.0. The second-order valence-electron chi connectivity index (χ2n) is 8.23. The van der Waals surface area contributed by atoms with Gasteiger partial charge in [-0.1, -0.05) is 12.2 Å². The van der Waals surface area contributed by atoms with Crippen LogP contribution in [0.3, 0.4) is 0 Å². The van der Waals surface area contributed by atoms with Crippen molar-refractivity contribution in [3.05, 3.63) is 67.0 Å². The topological polar surface area (TPSA) is 90.5 Å². The lowest BCUT2D eigenvalue weighted by Crippen LogP contribution is -2.19. The van der Waals surface area contributed by atoms with Crippen LogP contribution in [0.15, 0.2) is 67.0 Å². The van der Waals surface area contributed by atoms with E-state index in [-0.39, 0.29) is 5.88 Å². The minimum Gasteiger partial charge on any atom is -0.494 e. The van der Waals surface area contributed by atoms with Gasteiger partial charge in [-0.05, 0) is 44.2 Å². The van der Waals surface area contributed by atoms with Crippen molar-refractivity contribution in [2.24, 2.45) is 0 Å². The third-order valence-corrected chi connectivity index (χ3v) is 6.10. The van der Waals surface area contributed by atoms with Gasteiger partial charge in [0, 0.05) is 36.4 Å². The third-order valence-electron chi connectivity index (χ3n) is 6.10. The average molecular weight is 473 g/mol. The molecule has 4 aromatic rings. The molecule has 0 atom stereocenters. The lowest BCUT2D eigenvalue weighted by atomic mass is 10.1. The fraction of sp³-hybridized carbons (Fsp3) is 0.269. The maximum atomic E-state index is 10.9. The van der Waals surface area contributed by atoms with Gasteiger partial charge in [0.15, 0.2) is 5.75 Å². The van der Waals surface area contributed by atoms with Gasteiger partial charge in [0.1, 0.15) is 0 Å². The summed E-state index contributed by atoms with van der Waals surface area (Å²) in [6, 6.07) is 5.54. The Balaban J connectivity index is 1.44. The second-order valence-corrected chi connectivity index (χ2v) is 8.23. The Labute approximate surface area is 203 Å². The number of aromatic hydroxyl groups is 1. The molecule has 0 aliphatic carbocycles. The van der Waals surface area contributed by atoms with E-state index in [1.54, 1.807) is 31.2 Å². The Morgan fingerprint density at radius 3 is 2.77 bits per heavy atom. The predicted molar refractivity (Wildman–Crippen MR) is 134 cm³/mol. The van der Waals surface area contributed by atoms with E-state index >= 15 is 0 Å². The van der Waals surface area contributed by atoms with Gasteiger partial charge in [0.25, 0.3) is 5.88 Å². The number of hydrogen-bond donors (Lipinski definition) is 1. The Bertz CT molecular complexity index is 1420. The zero-order chi connectivity index (χ0) is 24.4. The number of nitrogens with zero attached hydrogens (tertiary/aromatic N) is 6. The number of ether oxygens (including phenoxy) is 2. The standard InChI is InChI=1S/C26H28N6O3/c1-4-30-11-7-5-6-8-19(30)15-31-16-20(14-28-31)32-17-23-21(26(32)33)9-10-22(29-23)18-12-24(34-2)25(35-3)27-13-18/h7-14,16-17,33H,4-6,15H2,1-3H3. The molecule has 0 radical (unpaired) electrons. The highest BCUT2D eigenvalue weighted by molar-refractivity contribution is 5.87. The number of aromatic nitrogens is 5. The lowest BCUT2D eigenvalue weighted by Gasteiger charge is -2.21.